The van der Waals surface area contributed by atoms with Gasteiger partial charge in [0.1, 0.15) is 0 Å². The molecule has 0 bridgehead atoms. The minimum absolute atomic E-state index is 0.869. The zero-order valence-electron chi connectivity index (χ0n) is 14.0. The molecule has 0 amide bonds. The number of nitrogens with zero attached hydrogens (tertiary/aromatic N) is 3. The van der Waals surface area contributed by atoms with Crippen LogP contribution in [0.25, 0.3) is 6.08 Å². The minimum Gasteiger partial charge on any atom is -0.360 e. The first-order chi connectivity index (χ1) is 11.2. The zero-order valence-corrected chi connectivity index (χ0v) is 14.0. The van der Waals surface area contributed by atoms with Gasteiger partial charge < -0.3 is 4.52 Å². The third-order valence-corrected chi connectivity index (χ3v) is 4.21. The summed E-state index contributed by atoms with van der Waals surface area (Å²) in [6, 6.07) is 12.6. The molecule has 4 heteroatoms. The van der Waals surface area contributed by atoms with Crippen LogP contribution in [-0.2, 0) is 6.54 Å². The molecule has 23 heavy (non-hydrogen) atoms. The molecule has 4 nitrogen and oxygen atoms in total. The number of hydrogen-bond acceptors (Lipinski definition) is 4. The molecule has 3 rings (SSSR count). The maximum absolute atomic E-state index is 5.31. The van der Waals surface area contributed by atoms with E-state index in [0.717, 1.165) is 50.7 Å². The molecule has 0 N–H and O–H groups in total. The molecule has 2 aromatic rings. The monoisotopic (exact) mass is 311 g/mol. The molecule has 1 aliphatic rings. The van der Waals surface area contributed by atoms with Gasteiger partial charge in [-0.2, -0.15) is 0 Å². The first kappa shape index (κ1) is 16.0. The lowest BCUT2D eigenvalue weighted by molar-refractivity contribution is 0.125. The molecule has 0 spiro atoms. The van der Waals surface area contributed by atoms with E-state index in [1.165, 1.54) is 11.1 Å². The smallest absolute Gasteiger partial charge is 0.150 e. The summed E-state index contributed by atoms with van der Waals surface area (Å²) in [5.41, 5.74) is 3.65. The summed E-state index contributed by atoms with van der Waals surface area (Å²) in [6.45, 7) is 10.5. The predicted molar refractivity (Wildman–Crippen MR) is 93.1 cm³/mol. The Morgan fingerprint density at radius 1 is 1.13 bits per heavy atom. The van der Waals surface area contributed by atoms with Gasteiger partial charge in [0.15, 0.2) is 5.76 Å². The van der Waals surface area contributed by atoms with Gasteiger partial charge in [0.05, 0.1) is 12.2 Å². The molecule has 1 fully saturated rings. The lowest BCUT2D eigenvalue weighted by atomic mass is 10.1. The largest absolute Gasteiger partial charge is 0.360 e. The van der Waals surface area contributed by atoms with Gasteiger partial charge in [0.25, 0.3) is 0 Å². The van der Waals surface area contributed by atoms with Crippen molar-refractivity contribution in [3.05, 3.63) is 59.0 Å². The van der Waals surface area contributed by atoms with Crippen LogP contribution in [0.3, 0.4) is 0 Å². The maximum atomic E-state index is 5.31. The molecule has 1 aliphatic heterocycles. The second-order valence-electron chi connectivity index (χ2n) is 6.39. The van der Waals surface area contributed by atoms with Crippen LogP contribution >= 0.6 is 0 Å². The fourth-order valence-corrected chi connectivity index (χ4v) is 3.05. The summed E-state index contributed by atoms with van der Waals surface area (Å²) in [5.74, 6) is 0.969. The molecule has 1 saturated heterocycles. The second kappa shape index (κ2) is 7.57. The number of benzene rings is 1. The van der Waals surface area contributed by atoms with E-state index < -0.39 is 0 Å². The summed E-state index contributed by atoms with van der Waals surface area (Å²) in [5, 5.41) is 3.96. The van der Waals surface area contributed by atoms with Gasteiger partial charge in [-0.15, -0.1) is 0 Å². The van der Waals surface area contributed by atoms with Crippen molar-refractivity contribution in [2.24, 2.45) is 0 Å². The Bertz CT molecular complexity index is 640. The average molecular weight is 311 g/mol. The van der Waals surface area contributed by atoms with Gasteiger partial charge in [0, 0.05) is 38.8 Å². The fraction of sp³-hybridized carbons (Fsp3) is 0.421. The zero-order chi connectivity index (χ0) is 16.1. The number of aryl methyl sites for hydroxylation is 1. The van der Waals surface area contributed by atoms with E-state index in [9.17, 15) is 0 Å². The van der Waals surface area contributed by atoms with Crippen LogP contribution < -0.4 is 0 Å². The number of piperazine rings is 1. The Labute approximate surface area is 138 Å². The highest BCUT2D eigenvalue weighted by Crippen LogP contribution is 2.12. The lowest BCUT2D eigenvalue weighted by Crippen LogP contribution is -2.46. The standard InChI is InChI=1S/C19H25N3O/c1-16(12-18-6-4-3-5-7-18)14-21-8-10-22(11-9-21)15-19-13-17(2)20-23-19/h3-7,12-13H,8-11,14-15H2,1-2H3/b16-12+. The first-order valence-corrected chi connectivity index (χ1v) is 8.28. The topological polar surface area (TPSA) is 32.5 Å². The highest BCUT2D eigenvalue weighted by atomic mass is 16.5. The van der Waals surface area contributed by atoms with Crippen molar-refractivity contribution in [3.8, 4) is 0 Å². The van der Waals surface area contributed by atoms with Crippen molar-refractivity contribution < 1.29 is 4.52 Å². The van der Waals surface area contributed by atoms with E-state index in [4.69, 9.17) is 4.52 Å². The van der Waals surface area contributed by atoms with E-state index >= 15 is 0 Å². The average Bonchev–Trinajstić information content (AvgIpc) is 2.95. The van der Waals surface area contributed by atoms with Crippen LogP contribution in [0.15, 0.2) is 46.5 Å². The molecule has 122 valence electrons. The summed E-state index contributed by atoms with van der Waals surface area (Å²) < 4.78 is 5.31. The molecule has 1 aromatic carbocycles. The molecule has 0 aliphatic carbocycles. The molecular formula is C19H25N3O. The Morgan fingerprint density at radius 3 is 2.48 bits per heavy atom. The Kier molecular flexibility index (Phi) is 5.26. The fourth-order valence-electron chi connectivity index (χ4n) is 3.05. The molecule has 0 unspecified atom stereocenters. The van der Waals surface area contributed by atoms with Crippen molar-refractivity contribution >= 4 is 6.08 Å². The number of aromatic nitrogens is 1. The van der Waals surface area contributed by atoms with Gasteiger partial charge in [-0.3, -0.25) is 9.80 Å². The van der Waals surface area contributed by atoms with Crippen LogP contribution in [0.2, 0.25) is 0 Å². The second-order valence-corrected chi connectivity index (χ2v) is 6.39. The van der Waals surface area contributed by atoms with Gasteiger partial charge in [0.2, 0.25) is 0 Å². The van der Waals surface area contributed by atoms with Crippen molar-refractivity contribution in [1.29, 1.82) is 0 Å². The van der Waals surface area contributed by atoms with Crippen LogP contribution in [0.1, 0.15) is 23.9 Å². The molecule has 2 heterocycles. The Hall–Kier alpha value is -1.91. The first-order valence-electron chi connectivity index (χ1n) is 8.28. The maximum Gasteiger partial charge on any atom is 0.150 e. The van der Waals surface area contributed by atoms with E-state index in [1.807, 2.05) is 13.0 Å². The third-order valence-electron chi connectivity index (χ3n) is 4.21. The van der Waals surface area contributed by atoms with E-state index in [0.29, 0.717) is 0 Å². The summed E-state index contributed by atoms with van der Waals surface area (Å²) in [4.78, 5) is 4.96. The van der Waals surface area contributed by atoms with Gasteiger partial charge in [-0.1, -0.05) is 47.1 Å². The SMILES string of the molecule is C/C(=C\c1ccccc1)CN1CCN(Cc2cc(C)no2)CC1. The molecule has 0 saturated carbocycles. The lowest BCUT2D eigenvalue weighted by Gasteiger charge is -2.34. The highest BCUT2D eigenvalue weighted by molar-refractivity contribution is 5.52. The quantitative estimate of drug-likeness (QED) is 0.849. The number of hydrogen-bond donors (Lipinski definition) is 0. The highest BCUT2D eigenvalue weighted by Gasteiger charge is 2.18. The summed E-state index contributed by atoms with van der Waals surface area (Å²) in [6.07, 6.45) is 2.28. The van der Waals surface area contributed by atoms with Crippen molar-refractivity contribution in [3.63, 3.8) is 0 Å². The van der Waals surface area contributed by atoms with Crippen LogP contribution in [0.5, 0.6) is 0 Å². The predicted octanol–water partition coefficient (Wildman–Crippen LogP) is 3.20. The normalized spacial score (nSPS) is 17.6. The Balaban J connectivity index is 1.46. The molecule has 1 aromatic heterocycles. The van der Waals surface area contributed by atoms with Crippen molar-refractivity contribution in [2.45, 2.75) is 20.4 Å². The number of rotatable bonds is 5. The van der Waals surface area contributed by atoms with Crippen molar-refractivity contribution in [1.82, 2.24) is 15.0 Å². The molecule has 0 atom stereocenters. The van der Waals surface area contributed by atoms with E-state index in [1.54, 1.807) is 0 Å². The summed E-state index contributed by atoms with van der Waals surface area (Å²) in [7, 11) is 0. The van der Waals surface area contributed by atoms with Crippen LogP contribution in [0, 0.1) is 6.92 Å². The minimum atomic E-state index is 0.869. The van der Waals surface area contributed by atoms with E-state index in [2.05, 4.69) is 58.3 Å². The molecule has 0 radical (unpaired) electrons. The van der Waals surface area contributed by atoms with Crippen LogP contribution in [-0.4, -0.2) is 47.7 Å². The molecular weight excluding hydrogens is 286 g/mol. The van der Waals surface area contributed by atoms with E-state index in [-0.39, 0.29) is 0 Å². The third kappa shape index (κ3) is 4.78. The van der Waals surface area contributed by atoms with Crippen LogP contribution in [0.4, 0.5) is 0 Å². The summed E-state index contributed by atoms with van der Waals surface area (Å²) >= 11 is 0. The Morgan fingerprint density at radius 2 is 1.83 bits per heavy atom. The van der Waals surface area contributed by atoms with Gasteiger partial charge >= 0.3 is 0 Å². The van der Waals surface area contributed by atoms with Crippen molar-refractivity contribution in [2.75, 3.05) is 32.7 Å². The van der Waals surface area contributed by atoms with Gasteiger partial charge in [-0.05, 0) is 19.4 Å². The van der Waals surface area contributed by atoms with Gasteiger partial charge in [-0.25, -0.2) is 0 Å².